The van der Waals surface area contributed by atoms with Crippen LogP contribution < -0.4 is 16.4 Å². The Morgan fingerprint density at radius 2 is 1.44 bits per heavy atom. The van der Waals surface area contributed by atoms with E-state index in [0.717, 1.165) is 0 Å². The molecule has 0 aliphatic rings. The number of aliphatic carboxylic acids is 2. The minimum atomic E-state index is -1.39. The minimum absolute atomic E-state index is 0.184. The summed E-state index contributed by atoms with van der Waals surface area (Å²) in [7, 11) is 0. The lowest BCUT2D eigenvalue weighted by Crippen LogP contribution is -2.55. The number of thioether (sulfide) groups is 2. The molecule has 9 nitrogen and oxygen atoms in total. The molecule has 0 aliphatic carbocycles. The van der Waals surface area contributed by atoms with E-state index in [2.05, 4.69) is 10.6 Å². The Labute approximate surface area is 154 Å². The molecule has 0 saturated carbocycles. The van der Waals surface area contributed by atoms with Crippen molar-refractivity contribution in [1.82, 2.24) is 10.6 Å². The van der Waals surface area contributed by atoms with Crippen LogP contribution in [0.4, 0.5) is 0 Å². The van der Waals surface area contributed by atoms with Crippen LogP contribution in [0.15, 0.2) is 0 Å². The minimum Gasteiger partial charge on any atom is -0.481 e. The van der Waals surface area contributed by atoms with E-state index in [1.807, 2.05) is 6.26 Å². The van der Waals surface area contributed by atoms with Gasteiger partial charge in [-0.1, -0.05) is 0 Å². The fourth-order valence-electron chi connectivity index (χ4n) is 1.80. The average Bonchev–Trinajstić information content (AvgIpc) is 2.54. The maximum Gasteiger partial charge on any atom is 0.326 e. The molecule has 144 valence electrons. The van der Waals surface area contributed by atoms with E-state index in [0.29, 0.717) is 17.9 Å². The van der Waals surface area contributed by atoms with Crippen molar-refractivity contribution in [1.29, 1.82) is 0 Å². The molecule has 0 spiro atoms. The number of rotatable bonds is 13. The van der Waals surface area contributed by atoms with E-state index in [1.165, 1.54) is 23.5 Å². The summed E-state index contributed by atoms with van der Waals surface area (Å²) in [5, 5.41) is 22.6. The second kappa shape index (κ2) is 12.8. The average molecular weight is 396 g/mol. The monoisotopic (exact) mass is 395 g/mol. The highest BCUT2D eigenvalue weighted by Crippen LogP contribution is 2.04. The van der Waals surface area contributed by atoms with Crippen LogP contribution in [-0.2, 0) is 19.2 Å². The van der Waals surface area contributed by atoms with Gasteiger partial charge < -0.3 is 26.6 Å². The summed E-state index contributed by atoms with van der Waals surface area (Å²) in [5.74, 6) is -2.88. The lowest BCUT2D eigenvalue weighted by Gasteiger charge is -2.21. The number of carboxylic acid groups (broad SMARTS) is 2. The number of nitrogens with one attached hydrogen (secondary N) is 2. The number of carbonyl (C=O) groups is 4. The Morgan fingerprint density at radius 1 is 0.920 bits per heavy atom. The third-order valence-corrected chi connectivity index (χ3v) is 4.49. The Hall–Kier alpha value is -1.46. The quantitative estimate of drug-likeness (QED) is 0.273. The van der Waals surface area contributed by atoms with Gasteiger partial charge in [0.1, 0.15) is 12.1 Å². The van der Waals surface area contributed by atoms with Gasteiger partial charge in [0.25, 0.3) is 0 Å². The van der Waals surface area contributed by atoms with Crippen LogP contribution in [0.25, 0.3) is 0 Å². The van der Waals surface area contributed by atoms with Gasteiger partial charge in [-0.2, -0.15) is 23.5 Å². The van der Waals surface area contributed by atoms with E-state index < -0.39 is 48.3 Å². The van der Waals surface area contributed by atoms with Crippen LogP contribution in [0.3, 0.4) is 0 Å². The molecule has 0 saturated heterocycles. The third kappa shape index (κ3) is 10.2. The molecule has 0 radical (unpaired) electrons. The SMILES string of the molecule is CSCC[C@H](NC(=O)[C@H](CC(=O)O)NC(=O)[C@@H](N)CCSC)C(=O)O. The van der Waals surface area contributed by atoms with Crippen LogP contribution in [0, 0.1) is 0 Å². The van der Waals surface area contributed by atoms with E-state index in [-0.39, 0.29) is 6.42 Å². The molecule has 11 heteroatoms. The van der Waals surface area contributed by atoms with Crippen molar-refractivity contribution < 1.29 is 29.4 Å². The molecule has 0 bridgehead atoms. The van der Waals surface area contributed by atoms with E-state index in [9.17, 15) is 19.2 Å². The van der Waals surface area contributed by atoms with Gasteiger partial charge in [-0.05, 0) is 36.9 Å². The molecule has 0 unspecified atom stereocenters. The third-order valence-electron chi connectivity index (χ3n) is 3.21. The van der Waals surface area contributed by atoms with Crippen LogP contribution >= 0.6 is 23.5 Å². The van der Waals surface area contributed by atoms with Gasteiger partial charge in [0.2, 0.25) is 11.8 Å². The first kappa shape index (κ1) is 23.5. The smallest absolute Gasteiger partial charge is 0.326 e. The highest BCUT2D eigenvalue weighted by Gasteiger charge is 2.29. The van der Waals surface area contributed by atoms with Gasteiger partial charge in [-0.15, -0.1) is 0 Å². The Morgan fingerprint density at radius 3 is 1.92 bits per heavy atom. The summed E-state index contributed by atoms with van der Waals surface area (Å²) >= 11 is 2.92. The summed E-state index contributed by atoms with van der Waals surface area (Å²) in [4.78, 5) is 46.4. The highest BCUT2D eigenvalue weighted by molar-refractivity contribution is 7.98. The molecule has 0 heterocycles. The maximum absolute atomic E-state index is 12.2. The topological polar surface area (TPSA) is 159 Å². The maximum atomic E-state index is 12.2. The second-order valence-corrected chi connectivity index (χ2v) is 7.20. The van der Waals surface area contributed by atoms with Gasteiger partial charge in [0.15, 0.2) is 0 Å². The molecular formula is C14H25N3O6S2. The fourth-order valence-corrected chi connectivity index (χ4v) is 2.77. The standard InChI is InChI=1S/C14H25N3O6S2/c1-24-5-3-8(15)12(20)17-10(7-11(18)19)13(21)16-9(14(22)23)4-6-25-2/h8-10H,3-7,15H2,1-2H3,(H,16,21)(H,17,20)(H,18,19)(H,22,23)/t8-,9-,10-/m0/s1. The summed E-state index contributed by atoms with van der Waals surface area (Å²) in [5.41, 5.74) is 5.70. The zero-order valence-electron chi connectivity index (χ0n) is 14.2. The lowest BCUT2D eigenvalue weighted by atomic mass is 10.1. The highest BCUT2D eigenvalue weighted by atomic mass is 32.2. The van der Waals surface area contributed by atoms with Crippen LogP contribution in [-0.4, -0.2) is 76.1 Å². The molecule has 6 N–H and O–H groups in total. The van der Waals surface area contributed by atoms with Crippen molar-refractivity contribution in [2.45, 2.75) is 37.4 Å². The summed E-state index contributed by atoms with van der Waals surface area (Å²) in [6.45, 7) is 0. The summed E-state index contributed by atoms with van der Waals surface area (Å²) in [6.07, 6.45) is 3.54. The lowest BCUT2D eigenvalue weighted by molar-refractivity contribution is -0.143. The number of hydrogen-bond acceptors (Lipinski definition) is 7. The van der Waals surface area contributed by atoms with Gasteiger partial charge in [0.05, 0.1) is 12.5 Å². The summed E-state index contributed by atoms with van der Waals surface area (Å²) in [6, 6.07) is -3.41. The predicted molar refractivity (Wildman–Crippen MR) is 97.7 cm³/mol. The zero-order chi connectivity index (χ0) is 19.4. The molecule has 2 amide bonds. The predicted octanol–water partition coefficient (Wildman–Crippen LogP) is -0.651. The fraction of sp³-hybridized carbons (Fsp3) is 0.714. The molecule has 0 aromatic rings. The molecular weight excluding hydrogens is 370 g/mol. The van der Waals surface area contributed by atoms with Gasteiger partial charge in [-0.3, -0.25) is 14.4 Å². The molecule has 25 heavy (non-hydrogen) atoms. The Kier molecular flexibility index (Phi) is 12.1. The molecule has 0 aromatic heterocycles. The van der Waals surface area contributed by atoms with Gasteiger partial charge in [-0.25, -0.2) is 4.79 Å². The number of amides is 2. The van der Waals surface area contributed by atoms with Crippen molar-refractivity contribution in [2.75, 3.05) is 24.0 Å². The van der Waals surface area contributed by atoms with E-state index in [1.54, 1.807) is 6.26 Å². The Bertz CT molecular complexity index is 477. The number of carboxylic acids is 2. The Balaban J connectivity index is 4.92. The molecule has 3 atom stereocenters. The van der Waals surface area contributed by atoms with Crippen molar-refractivity contribution in [2.24, 2.45) is 5.73 Å². The number of nitrogens with two attached hydrogens (primary N) is 1. The van der Waals surface area contributed by atoms with Crippen LogP contribution in [0.5, 0.6) is 0 Å². The van der Waals surface area contributed by atoms with Crippen molar-refractivity contribution in [3.63, 3.8) is 0 Å². The van der Waals surface area contributed by atoms with Crippen LogP contribution in [0.1, 0.15) is 19.3 Å². The molecule has 0 aliphatic heterocycles. The van der Waals surface area contributed by atoms with Crippen LogP contribution in [0.2, 0.25) is 0 Å². The van der Waals surface area contributed by atoms with Crippen molar-refractivity contribution >= 4 is 47.3 Å². The largest absolute Gasteiger partial charge is 0.481 e. The second-order valence-electron chi connectivity index (χ2n) is 5.23. The van der Waals surface area contributed by atoms with Gasteiger partial charge >= 0.3 is 11.9 Å². The molecule has 0 fully saturated rings. The first-order valence-corrected chi connectivity index (χ1v) is 10.3. The first-order valence-electron chi connectivity index (χ1n) is 7.51. The normalized spacial score (nSPS) is 14.2. The number of carbonyl (C=O) groups excluding carboxylic acids is 2. The van der Waals surface area contributed by atoms with Gasteiger partial charge in [0, 0.05) is 0 Å². The molecule has 0 rings (SSSR count). The zero-order valence-corrected chi connectivity index (χ0v) is 15.8. The van der Waals surface area contributed by atoms with E-state index >= 15 is 0 Å². The van der Waals surface area contributed by atoms with E-state index in [4.69, 9.17) is 15.9 Å². The van der Waals surface area contributed by atoms with Crippen molar-refractivity contribution in [3.05, 3.63) is 0 Å². The number of hydrogen-bond donors (Lipinski definition) is 5. The molecule has 0 aromatic carbocycles. The first-order chi connectivity index (χ1) is 11.7. The summed E-state index contributed by atoms with van der Waals surface area (Å²) < 4.78 is 0. The van der Waals surface area contributed by atoms with Crippen molar-refractivity contribution in [3.8, 4) is 0 Å².